The molecular weight excluding hydrogens is 510 g/mol. The average Bonchev–Trinajstić information content (AvgIpc) is 3.12. The van der Waals surface area contributed by atoms with Crippen molar-refractivity contribution in [2.45, 2.75) is 38.4 Å². The molecule has 0 bridgehead atoms. The number of nitrogens with one attached hydrogen (secondary N) is 1. The van der Waals surface area contributed by atoms with Crippen molar-refractivity contribution in [1.82, 2.24) is 19.5 Å². The maximum absolute atomic E-state index is 13.7. The Morgan fingerprint density at radius 2 is 1.57 bits per heavy atom. The molecule has 2 amide bonds. The Bertz CT molecular complexity index is 1330. The number of halogens is 2. The van der Waals surface area contributed by atoms with Gasteiger partial charge in [-0.1, -0.05) is 0 Å². The molecule has 16 nitrogen and oxygen atoms in total. The lowest BCUT2D eigenvalue weighted by molar-refractivity contribution is -0.165. The second kappa shape index (κ2) is 11.9. The lowest BCUT2D eigenvalue weighted by Gasteiger charge is -2.23. The molecule has 2 aromatic heterocycles. The van der Waals surface area contributed by atoms with E-state index < -0.39 is 89.3 Å². The van der Waals surface area contributed by atoms with Gasteiger partial charge in [-0.2, -0.15) is 8.78 Å². The summed E-state index contributed by atoms with van der Waals surface area (Å²) in [5.74, 6) is -6.07. The van der Waals surface area contributed by atoms with Gasteiger partial charge in [0.2, 0.25) is 11.9 Å². The van der Waals surface area contributed by atoms with E-state index >= 15 is 0 Å². The first kappa shape index (κ1) is 28.7. The van der Waals surface area contributed by atoms with Crippen LogP contribution in [0.5, 0.6) is 0 Å². The molecule has 0 unspecified atom stereocenters. The van der Waals surface area contributed by atoms with Crippen molar-refractivity contribution in [3.05, 3.63) is 56.4 Å². The third-order valence-corrected chi connectivity index (χ3v) is 4.47. The fourth-order valence-electron chi connectivity index (χ4n) is 3.11. The Hall–Kier alpha value is -4.58. The Morgan fingerprint density at radius 1 is 1.03 bits per heavy atom. The largest absolute Gasteiger partial charge is 0.456 e. The van der Waals surface area contributed by atoms with E-state index in [4.69, 9.17) is 25.7 Å². The van der Waals surface area contributed by atoms with Crippen LogP contribution in [0.1, 0.15) is 41.1 Å². The van der Waals surface area contributed by atoms with Crippen LogP contribution in [0.15, 0.2) is 22.0 Å². The first-order valence-corrected chi connectivity index (χ1v) is 10.0. The molecule has 1 aliphatic rings. The number of carbonyl (C=O) groups excluding carboxylic acids is 4. The number of carbonyl (C=O) groups is 4. The molecule has 0 aliphatic carbocycles. The number of aliphatic hydroxyl groups excluding tert-OH is 1. The van der Waals surface area contributed by atoms with Crippen molar-refractivity contribution in [2.24, 2.45) is 11.5 Å². The van der Waals surface area contributed by atoms with Crippen LogP contribution < -0.4 is 22.6 Å². The second-order valence-corrected chi connectivity index (χ2v) is 7.15. The Kier molecular flexibility index (Phi) is 9.22. The van der Waals surface area contributed by atoms with E-state index in [1.807, 2.05) is 4.98 Å². The molecule has 3 rings (SSSR count). The number of rotatable bonds is 6. The molecule has 0 aromatic carbocycles. The molecule has 37 heavy (non-hydrogen) atoms. The van der Waals surface area contributed by atoms with Crippen molar-refractivity contribution in [1.29, 1.82) is 0 Å². The summed E-state index contributed by atoms with van der Waals surface area (Å²) < 4.78 is 42.0. The molecule has 18 heteroatoms. The predicted octanol–water partition coefficient (Wildman–Crippen LogP) is -2.76. The van der Waals surface area contributed by atoms with E-state index in [0.717, 1.165) is 20.0 Å². The highest BCUT2D eigenvalue weighted by Crippen LogP contribution is 2.33. The molecule has 6 N–H and O–H groups in total. The zero-order valence-corrected chi connectivity index (χ0v) is 19.0. The van der Waals surface area contributed by atoms with Crippen molar-refractivity contribution < 1.29 is 47.3 Å². The lowest BCUT2D eigenvalue weighted by Crippen LogP contribution is -2.42. The first-order chi connectivity index (χ1) is 17.3. The third-order valence-electron chi connectivity index (χ3n) is 4.47. The number of aromatic nitrogens is 4. The van der Waals surface area contributed by atoms with Crippen LogP contribution in [0.2, 0.25) is 0 Å². The molecule has 1 aliphatic heterocycles. The van der Waals surface area contributed by atoms with Gasteiger partial charge in [0.05, 0.1) is 19.0 Å². The first-order valence-electron chi connectivity index (χ1n) is 10.0. The predicted molar refractivity (Wildman–Crippen MR) is 112 cm³/mol. The zero-order chi connectivity index (χ0) is 28.0. The molecular formula is C19H20F2N6O10. The number of nitrogens with two attached hydrogens (primary N) is 2. The van der Waals surface area contributed by atoms with Crippen LogP contribution in [0, 0.1) is 11.9 Å². The molecule has 3 heterocycles. The topological polar surface area (TPSA) is 249 Å². The molecule has 2 aromatic rings. The van der Waals surface area contributed by atoms with Crippen molar-refractivity contribution in [2.75, 3.05) is 6.61 Å². The number of primary amides is 2. The minimum Gasteiger partial charge on any atom is -0.456 e. The molecule has 0 spiro atoms. The van der Waals surface area contributed by atoms with Gasteiger partial charge < -0.3 is 35.8 Å². The maximum Gasteiger partial charge on any atom is 0.303 e. The summed E-state index contributed by atoms with van der Waals surface area (Å²) in [5, 5.41) is 9.43. The fraction of sp³-hybridized carbons (Fsp3) is 0.368. The summed E-state index contributed by atoms with van der Waals surface area (Å²) in [4.78, 5) is 75.4. The van der Waals surface area contributed by atoms with Crippen molar-refractivity contribution in [3.63, 3.8) is 0 Å². The second-order valence-electron chi connectivity index (χ2n) is 7.15. The summed E-state index contributed by atoms with van der Waals surface area (Å²) in [6, 6.07) is 0. The fourth-order valence-corrected chi connectivity index (χ4v) is 3.11. The van der Waals surface area contributed by atoms with E-state index in [0.29, 0.717) is 10.8 Å². The number of hydrogen-bond donors (Lipinski definition) is 4. The number of ether oxygens (including phenoxy) is 3. The Balaban J connectivity index is 0.000000364. The van der Waals surface area contributed by atoms with Gasteiger partial charge >= 0.3 is 11.9 Å². The van der Waals surface area contributed by atoms with Crippen LogP contribution in [0.4, 0.5) is 8.78 Å². The summed E-state index contributed by atoms with van der Waals surface area (Å²) in [6.07, 6.45) is -3.98. The van der Waals surface area contributed by atoms with Crippen LogP contribution in [-0.4, -0.2) is 73.3 Å². The quantitative estimate of drug-likeness (QED) is 0.277. The molecule has 1 fully saturated rings. The summed E-state index contributed by atoms with van der Waals surface area (Å²) in [5.41, 5.74) is 6.27. The number of H-pyrrole nitrogens is 1. The average molecular weight is 530 g/mol. The number of amides is 2. The van der Waals surface area contributed by atoms with E-state index in [-0.39, 0.29) is 0 Å². The lowest BCUT2D eigenvalue weighted by atomic mass is 10.1. The highest BCUT2D eigenvalue weighted by molar-refractivity contribution is 5.90. The van der Waals surface area contributed by atoms with Gasteiger partial charge in [-0.3, -0.25) is 33.3 Å². The summed E-state index contributed by atoms with van der Waals surface area (Å²) >= 11 is 0. The highest BCUT2D eigenvalue weighted by Gasteiger charge is 2.50. The van der Waals surface area contributed by atoms with Crippen LogP contribution in [0.3, 0.4) is 0 Å². The number of hydrogen-bond acceptors (Lipinski definition) is 12. The maximum atomic E-state index is 13.7. The molecule has 4 atom stereocenters. The third kappa shape index (κ3) is 6.98. The summed E-state index contributed by atoms with van der Waals surface area (Å²) in [6.45, 7) is 1.48. The number of aromatic amines is 1. The smallest absolute Gasteiger partial charge is 0.303 e. The van der Waals surface area contributed by atoms with Gasteiger partial charge in [-0.15, -0.1) is 0 Å². The van der Waals surface area contributed by atoms with E-state index in [1.54, 1.807) is 0 Å². The van der Waals surface area contributed by atoms with Crippen LogP contribution in [-0.2, 0) is 23.8 Å². The van der Waals surface area contributed by atoms with Gasteiger partial charge in [0.1, 0.15) is 6.10 Å². The van der Waals surface area contributed by atoms with Gasteiger partial charge in [-0.05, 0) is 0 Å². The molecule has 200 valence electrons. The van der Waals surface area contributed by atoms with Gasteiger partial charge in [0.25, 0.3) is 22.9 Å². The highest BCUT2D eigenvalue weighted by atomic mass is 19.1. The minimum absolute atomic E-state index is 0.599. The SMILES string of the molecule is CC(=O)O[C@@H]1[C@H](OC(C)=O)[C@@H](CO)O[C@H]1n1cc(F)nc(C(N)=O)c1=O.NC(=O)c1nc(F)c[nH]c1=O. The van der Waals surface area contributed by atoms with Crippen molar-refractivity contribution in [3.8, 4) is 0 Å². The van der Waals surface area contributed by atoms with Gasteiger partial charge in [0.15, 0.2) is 29.8 Å². The van der Waals surface area contributed by atoms with Crippen LogP contribution in [0.25, 0.3) is 0 Å². The number of aliphatic hydroxyl groups is 1. The Labute approximate surface area is 204 Å². The van der Waals surface area contributed by atoms with Gasteiger partial charge in [0, 0.05) is 13.8 Å². The minimum atomic E-state index is -1.50. The van der Waals surface area contributed by atoms with Gasteiger partial charge in [-0.25, -0.2) is 9.97 Å². The zero-order valence-electron chi connectivity index (χ0n) is 19.0. The van der Waals surface area contributed by atoms with E-state index in [1.165, 1.54) is 0 Å². The molecule has 0 radical (unpaired) electrons. The normalized spacial score (nSPS) is 20.4. The standard InChI is InChI=1S/C14H16FN3O8.C5H4FN3O2/c1-5(20)24-10-7(4-19)26-14(11(10)25-6(2)21)18-3-8(15)17-9(12(16)22)13(18)23;6-2-1-8-5(11)3(9-2)4(7)10/h3,7,10-11,14,19H,4H2,1-2H3,(H2,16,22);1H,(H2,7,10)(H,8,11)/t7-,10-,11-,14-;/m1./s1. The number of nitrogens with zero attached hydrogens (tertiary/aromatic N) is 3. The monoisotopic (exact) mass is 530 g/mol. The van der Waals surface area contributed by atoms with E-state index in [9.17, 15) is 42.7 Å². The van der Waals surface area contributed by atoms with Crippen LogP contribution >= 0.6 is 0 Å². The van der Waals surface area contributed by atoms with E-state index in [2.05, 4.69) is 9.97 Å². The number of esters is 2. The van der Waals surface area contributed by atoms with Crippen molar-refractivity contribution >= 4 is 23.8 Å². The Morgan fingerprint density at radius 3 is 2.05 bits per heavy atom. The molecule has 0 saturated carbocycles. The molecule has 1 saturated heterocycles. The summed E-state index contributed by atoms with van der Waals surface area (Å²) in [7, 11) is 0.